The normalized spacial score (nSPS) is 13.0. The molecule has 20 heavy (non-hydrogen) atoms. The van der Waals surface area contributed by atoms with Crippen LogP contribution >= 0.6 is 0 Å². The van der Waals surface area contributed by atoms with Crippen molar-refractivity contribution in [3.63, 3.8) is 0 Å². The van der Waals surface area contributed by atoms with Crippen LogP contribution in [-0.4, -0.2) is 24.1 Å². The predicted octanol–water partition coefficient (Wildman–Crippen LogP) is 1.39. The van der Waals surface area contributed by atoms with Crippen molar-refractivity contribution in [1.29, 1.82) is 5.26 Å². The Morgan fingerprint density at radius 2 is 2.10 bits per heavy atom. The zero-order valence-corrected chi connectivity index (χ0v) is 12.9. The van der Waals surface area contributed by atoms with Gasteiger partial charge in [0, 0.05) is 13.2 Å². The van der Waals surface area contributed by atoms with Gasteiger partial charge in [-0.1, -0.05) is 20.8 Å². The van der Waals surface area contributed by atoms with Gasteiger partial charge in [0.15, 0.2) is 0 Å². The van der Waals surface area contributed by atoms with Crippen LogP contribution in [0.1, 0.15) is 43.2 Å². The zero-order valence-electron chi connectivity index (χ0n) is 12.0. The first-order valence-electron chi connectivity index (χ1n) is 6.35. The van der Waals surface area contributed by atoms with Crippen molar-refractivity contribution in [1.82, 2.24) is 9.29 Å². The summed E-state index contributed by atoms with van der Waals surface area (Å²) in [6.07, 6.45) is 1.90. The molecule has 1 heterocycles. The summed E-state index contributed by atoms with van der Waals surface area (Å²) < 4.78 is 27.9. The Bertz CT molecular complexity index is 638. The van der Waals surface area contributed by atoms with Gasteiger partial charge in [-0.3, -0.25) is 4.79 Å². The summed E-state index contributed by atoms with van der Waals surface area (Å²) in [7, 11) is -2.14. The van der Waals surface area contributed by atoms with E-state index in [4.69, 9.17) is 5.26 Å². The number of nitrogens with zero attached hydrogens (tertiary/aromatic N) is 2. The van der Waals surface area contributed by atoms with Gasteiger partial charge in [-0.05, 0) is 18.4 Å². The monoisotopic (exact) mass is 297 g/mol. The van der Waals surface area contributed by atoms with Crippen LogP contribution in [0.2, 0.25) is 0 Å². The Morgan fingerprint density at radius 1 is 1.50 bits per heavy atom. The van der Waals surface area contributed by atoms with Crippen molar-refractivity contribution in [2.24, 2.45) is 13.0 Å². The minimum atomic E-state index is -3.73. The van der Waals surface area contributed by atoms with E-state index in [9.17, 15) is 13.2 Å². The number of hydrogen-bond acceptors (Lipinski definition) is 4. The van der Waals surface area contributed by atoms with Gasteiger partial charge < -0.3 is 4.57 Å². The molecule has 7 heteroatoms. The molecule has 0 radical (unpaired) electrons. The molecule has 110 valence electrons. The SMILES string of the molecule is CC[C@H](C(C)C)S(=O)(=O)NC(=O)c1cc(C#N)cn1C. The highest BCUT2D eigenvalue weighted by Gasteiger charge is 2.29. The number of aromatic nitrogens is 1. The molecule has 1 atom stereocenters. The van der Waals surface area contributed by atoms with Crippen LogP contribution in [0.25, 0.3) is 0 Å². The number of carbonyl (C=O) groups is 1. The van der Waals surface area contributed by atoms with E-state index in [0.29, 0.717) is 12.0 Å². The standard InChI is InChI=1S/C13H19N3O3S/c1-5-12(9(2)3)20(18,19)15-13(17)11-6-10(7-14)8-16(11)4/h6,8-9,12H,5H2,1-4H3,(H,15,17)/t12-/m1/s1. The molecule has 1 amide bonds. The Balaban J connectivity index is 3.00. The van der Waals surface area contributed by atoms with Crippen LogP contribution in [0.5, 0.6) is 0 Å². The Morgan fingerprint density at radius 3 is 2.50 bits per heavy atom. The summed E-state index contributed by atoms with van der Waals surface area (Å²) in [4.78, 5) is 12.0. The number of hydrogen-bond donors (Lipinski definition) is 1. The van der Waals surface area contributed by atoms with E-state index >= 15 is 0 Å². The second-order valence-electron chi connectivity index (χ2n) is 5.00. The minimum absolute atomic E-state index is 0.0895. The zero-order chi connectivity index (χ0) is 15.5. The van der Waals surface area contributed by atoms with Crippen LogP contribution in [-0.2, 0) is 17.1 Å². The molecule has 0 saturated heterocycles. The first-order chi connectivity index (χ1) is 9.22. The maximum absolute atomic E-state index is 12.2. The lowest BCUT2D eigenvalue weighted by Crippen LogP contribution is -2.41. The number of rotatable bonds is 5. The predicted molar refractivity (Wildman–Crippen MR) is 75.4 cm³/mol. The Hall–Kier alpha value is -1.81. The lowest BCUT2D eigenvalue weighted by atomic mass is 10.1. The van der Waals surface area contributed by atoms with Gasteiger partial charge in [0.05, 0.1) is 10.8 Å². The minimum Gasteiger partial charge on any atom is -0.345 e. The highest BCUT2D eigenvalue weighted by Crippen LogP contribution is 2.15. The van der Waals surface area contributed by atoms with Crippen molar-refractivity contribution in [2.75, 3.05) is 0 Å². The molecular formula is C13H19N3O3S. The molecule has 0 bridgehead atoms. The van der Waals surface area contributed by atoms with Gasteiger partial charge in [-0.25, -0.2) is 13.1 Å². The average Bonchev–Trinajstić information content (AvgIpc) is 2.69. The van der Waals surface area contributed by atoms with Crippen LogP contribution in [0.15, 0.2) is 12.3 Å². The van der Waals surface area contributed by atoms with E-state index in [1.165, 1.54) is 16.8 Å². The van der Waals surface area contributed by atoms with E-state index in [1.807, 2.05) is 6.07 Å². The first kappa shape index (κ1) is 16.2. The van der Waals surface area contributed by atoms with E-state index in [1.54, 1.807) is 27.8 Å². The van der Waals surface area contributed by atoms with Gasteiger partial charge in [0.1, 0.15) is 11.8 Å². The fraction of sp³-hybridized carbons (Fsp3) is 0.538. The molecule has 0 saturated carbocycles. The van der Waals surface area contributed by atoms with Gasteiger partial charge in [0.25, 0.3) is 5.91 Å². The average molecular weight is 297 g/mol. The summed E-state index contributed by atoms with van der Waals surface area (Å²) in [5, 5.41) is 8.15. The van der Waals surface area contributed by atoms with Gasteiger partial charge >= 0.3 is 0 Å². The van der Waals surface area contributed by atoms with E-state index in [-0.39, 0.29) is 11.6 Å². The smallest absolute Gasteiger partial charge is 0.281 e. The second-order valence-corrected chi connectivity index (χ2v) is 6.90. The molecule has 1 N–H and O–H groups in total. The number of sulfonamides is 1. The molecule has 0 aromatic carbocycles. The summed E-state index contributed by atoms with van der Waals surface area (Å²) in [6, 6.07) is 3.27. The quantitative estimate of drug-likeness (QED) is 0.889. The molecule has 0 aliphatic rings. The molecule has 1 aromatic heterocycles. The molecule has 0 aliphatic heterocycles. The van der Waals surface area contributed by atoms with E-state index < -0.39 is 21.2 Å². The summed E-state index contributed by atoms with van der Waals surface area (Å²) >= 11 is 0. The van der Waals surface area contributed by atoms with Crippen molar-refractivity contribution in [3.05, 3.63) is 23.5 Å². The lowest BCUT2D eigenvalue weighted by Gasteiger charge is -2.19. The van der Waals surface area contributed by atoms with Gasteiger partial charge in [-0.2, -0.15) is 5.26 Å². The molecule has 1 aromatic rings. The lowest BCUT2D eigenvalue weighted by molar-refractivity contribution is 0.0973. The number of aryl methyl sites for hydroxylation is 1. The van der Waals surface area contributed by atoms with Crippen LogP contribution < -0.4 is 4.72 Å². The number of amides is 1. The van der Waals surface area contributed by atoms with Crippen molar-refractivity contribution in [2.45, 2.75) is 32.4 Å². The summed E-state index contributed by atoms with van der Waals surface area (Å²) in [6.45, 7) is 5.37. The Labute approximate surface area is 119 Å². The molecular weight excluding hydrogens is 278 g/mol. The molecule has 6 nitrogen and oxygen atoms in total. The number of carbonyl (C=O) groups excluding carboxylic acids is 1. The maximum Gasteiger partial charge on any atom is 0.281 e. The molecule has 0 aliphatic carbocycles. The third-order valence-electron chi connectivity index (χ3n) is 3.15. The molecule has 0 unspecified atom stereocenters. The summed E-state index contributed by atoms with van der Waals surface area (Å²) in [5.41, 5.74) is 0.453. The van der Waals surface area contributed by atoms with Gasteiger partial charge in [-0.15, -0.1) is 0 Å². The molecule has 1 rings (SSSR count). The van der Waals surface area contributed by atoms with Crippen LogP contribution in [0.4, 0.5) is 0 Å². The van der Waals surface area contributed by atoms with E-state index in [2.05, 4.69) is 4.72 Å². The fourth-order valence-corrected chi connectivity index (χ4v) is 3.83. The third kappa shape index (κ3) is 3.39. The number of nitriles is 1. The van der Waals surface area contributed by atoms with Crippen molar-refractivity contribution in [3.8, 4) is 6.07 Å². The topological polar surface area (TPSA) is 92.0 Å². The van der Waals surface area contributed by atoms with Crippen LogP contribution in [0, 0.1) is 17.2 Å². The number of nitrogens with one attached hydrogen (secondary N) is 1. The molecule has 0 spiro atoms. The molecule has 0 fully saturated rings. The van der Waals surface area contributed by atoms with E-state index in [0.717, 1.165) is 0 Å². The highest BCUT2D eigenvalue weighted by molar-refractivity contribution is 7.90. The second kappa shape index (κ2) is 6.09. The fourth-order valence-electron chi connectivity index (χ4n) is 2.16. The largest absolute Gasteiger partial charge is 0.345 e. The van der Waals surface area contributed by atoms with Crippen LogP contribution in [0.3, 0.4) is 0 Å². The van der Waals surface area contributed by atoms with Crippen molar-refractivity contribution >= 4 is 15.9 Å². The summed E-state index contributed by atoms with van der Waals surface area (Å²) in [5.74, 6) is -0.804. The highest BCUT2D eigenvalue weighted by atomic mass is 32.2. The van der Waals surface area contributed by atoms with Crippen molar-refractivity contribution < 1.29 is 13.2 Å². The Kier molecular flexibility index (Phi) is 4.95. The third-order valence-corrected chi connectivity index (χ3v) is 5.29. The van der Waals surface area contributed by atoms with Gasteiger partial charge in [0.2, 0.25) is 10.0 Å². The first-order valence-corrected chi connectivity index (χ1v) is 7.90. The maximum atomic E-state index is 12.2.